The van der Waals surface area contributed by atoms with Crippen LogP contribution < -0.4 is 4.74 Å². The first-order chi connectivity index (χ1) is 12.6. The molecular formula is C19H22N2O4S. The Labute approximate surface area is 156 Å². The lowest BCUT2D eigenvalue weighted by Gasteiger charge is -2.30. The maximum absolute atomic E-state index is 12.2. The number of carbonyl (C=O) groups excluding carboxylic acids is 2. The van der Waals surface area contributed by atoms with Gasteiger partial charge in [0.1, 0.15) is 10.8 Å². The minimum absolute atomic E-state index is 0.143. The van der Waals surface area contributed by atoms with E-state index in [4.69, 9.17) is 9.47 Å². The van der Waals surface area contributed by atoms with Gasteiger partial charge < -0.3 is 14.4 Å². The third-order valence-electron chi connectivity index (χ3n) is 4.39. The Morgan fingerprint density at radius 2 is 2.08 bits per heavy atom. The van der Waals surface area contributed by atoms with Crippen LogP contribution in [-0.2, 0) is 9.53 Å². The van der Waals surface area contributed by atoms with Crippen molar-refractivity contribution in [1.82, 2.24) is 9.88 Å². The molecule has 3 rings (SSSR count). The largest absolute Gasteiger partial charge is 0.497 e. The van der Waals surface area contributed by atoms with Crippen molar-refractivity contribution in [1.29, 1.82) is 0 Å². The van der Waals surface area contributed by atoms with Crippen molar-refractivity contribution in [3.05, 3.63) is 35.3 Å². The van der Waals surface area contributed by atoms with Gasteiger partial charge in [0, 0.05) is 24.0 Å². The van der Waals surface area contributed by atoms with E-state index in [1.807, 2.05) is 24.3 Å². The minimum Gasteiger partial charge on any atom is -0.497 e. The SMILES string of the molecule is COc1ccc(-c2nc(C(=O)OCC(=O)N3CCC[C@@H](C)C3)cs2)cc1. The first kappa shape index (κ1) is 18.4. The maximum Gasteiger partial charge on any atom is 0.358 e. The fraction of sp³-hybridized carbons (Fsp3) is 0.421. The predicted octanol–water partition coefficient (Wildman–Crippen LogP) is 3.23. The van der Waals surface area contributed by atoms with Gasteiger partial charge in [-0.3, -0.25) is 4.79 Å². The van der Waals surface area contributed by atoms with E-state index in [1.54, 1.807) is 17.4 Å². The van der Waals surface area contributed by atoms with Gasteiger partial charge in [-0.25, -0.2) is 9.78 Å². The summed E-state index contributed by atoms with van der Waals surface area (Å²) in [4.78, 5) is 30.4. The number of likely N-dealkylation sites (tertiary alicyclic amines) is 1. The number of methoxy groups -OCH3 is 1. The molecule has 0 unspecified atom stereocenters. The number of aromatic nitrogens is 1. The maximum atomic E-state index is 12.2. The summed E-state index contributed by atoms with van der Waals surface area (Å²) in [6.07, 6.45) is 2.13. The van der Waals surface area contributed by atoms with Crippen LogP contribution >= 0.6 is 11.3 Å². The molecule has 0 bridgehead atoms. The summed E-state index contributed by atoms with van der Waals surface area (Å²) < 4.78 is 10.3. The van der Waals surface area contributed by atoms with Crippen LogP contribution in [0.15, 0.2) is 29.6 Å². The third kappa shape index (κ3) is 4.40. The fourth-order valence-electron chi connectivity index (χ4n) is 2.94. The highest BCUT2D eigenvalue weighted by molar-refractivity contribution is 7.13. The Morgan fingerprint density at radius 3 is 2.77 bits per heavy atom. The van der Waals surface area contributed by atoms with Crippen molar-refractivity contribution in [3.63, 3.8) is 0 Å². The first-order valence-electron chi connectivity index (χ1n) is 8.61. The normalized spacial score (nSPS) is 17.0. The van der Waals surface area contributed by atoms with Crippen molar-refractivity contribution in [2.45, 2.75) is 19.8 Å². The molecule has 1 aromatic carbocycles. The molecule has 2 aromatic rings. The van der Waals surface area contributed by atoms with E-state index in [0.717, 1.165) is 42.3 Å². The van der Waals surface area contributed by atoms with Gasteiger partial charge in [0.25, 0.3) is 5.91 Å². The van der Waals surface area contributed by atoms with Gasteiger partial charge in [0.05, 0.1) is 7.11 Å². The molecule has 138 valence electrons. The monoisotopic (exact) mass is 374 g/mol. The van der Waals surface area contributed by atoms with Crippen LogP contribution in [0.1, 0.15) is 30.3 Å². The topological polar surface area (TPSA) is 68.7 Å². The quantitative estimate of drug-likeness (QED) is 0.752. The number of nitrogens with zero attached hydrogens (tertiary/aromatic N) is 2. The molecule has 1 saturated heterocycles. The summed E-state index contributed by atoms with van der Waals surface area (Å²) in [5, 5.41) is 2.37. The number of thiazole rings is 1. The van der Waals surface area contributed by atoms with E-state index in [2.05, 4.69) is 11.9 Å². The smallest absolute Gasteiger partial charge is 0.358 e. The van der Waals surface area contributed by atoms with Crippen LogP contribution in [0.5, 0.6) is 5.75 Å². The number of carbonyl (C=O) groups is 2. The van der Waals surface area contributed by atoms with E-state index in [1.165, 1.54) is 11.3 Å². The van der Waals surface area contributed by atoms with Crippen LogP contribution in [0, 0.1) is 5.92 Å². The average Bonchev–Trinajstić information content (AvgIpc) is 3.16. The molecule has 1 amide bonds. The molecule has 1 aliphatic heterocycles. The molecule has 0 N–H and O–H groups in total. The standard InChI is InChI=1S/C19H22N2O4S/c1-13-4-3-9-21(10-13)17(22)11-25-19(23)16-12-26-18(20-16)14-5-7-15(24-2)8-6-14/h5-8,12-13H,3-4,9-11H2,1-2H3/t13-/m1/s1. The highest BCUT2D eigenvalue weighted by atomic mass is 32.1. The van der Waals surface area contributed by atoms with Gasteiger partial charge in [-0.1, -0.05) is 6.92 Å². The Hall–Kier alpha value is -2.41. The summed E-state index contributed by atoms with van der Waals surface area (Å²) in [6, 6.07) is 7.45. The van der Waals surface area contributed by atoms with Crippen molar-refractivity contribution in [2.75, 3.05) is 26.8 Å². The van der Waals surface area contributed by atoms with Crippen molar-refractivity contribution < 1.29 is 19.1 Å². The summed E-state index contributed by atoms with van der Waals surface area (Å²) in [6.45, 7) is 3.36. The third-order valence-corrected chi connectivity index (χ3v) is 5.28. The molecule has 0 spiro atoms. The number of esters is 1. The van der Waals surface area contributed by atoms with Gasteiger partial charge >= 0.3 is 5.97 Å². The second kappa shape index (κ2) is 8.31. The van der Waals surface area contributed by atoms with Gasteiger partial charge in [0.15, 0.2) is 12.3 Å². The number of rotatable bonds is 5. The average molecular weight is 374 g/mol. The Bertz CT molecular complexity index is 772. The van der Waals surface area contributed by atoms with E-state index in [9.17, 15) is 9.59 Å². The van der Waals surface area contributed by atoms with Crippen molar-refractivity contribution in [3.8, 4) is 16.3 Å². The van der Waals surface area contributed by atoms with Crippen LogP contribution in [-0.4, -0.2) is 48.6 Å². The van der Waals surface area contributed by atoms with Gasteiger partial charge in [-0.2, -0.15) is 0 Å². The zero-order valence-corrected chi connectivity index (χ0v) is 15.8. The van der Waals surface area contributed by atoms with Crippen molar-refractivity contribution >= 4 is 23.2 Å². The molecule has 6 nitrogen and oxygen atoms in total. The van der Waals surface area contributed by atoms with Gasteiger partial charge in [-0.05, 0) is 43.0 Å². The van der Waals surface area contributed by atoms with Crippen LogP contribution in [0.3, 0.4) is 0 Å². The molecule has 1 fully saturated rings. The Kier molecular flexibility index (Phi) is 5.88. The predicted molar refractivity (Wildman–Crippen MR) is 99.4 cm³/mol. The van der Waals surface area contributed by atoms with E-state index < -0.39 is 5.97 Å². The van der Waals surface area contributed by atoms with Crippen LogP contribution in [0.2, 0.25) is 0 Å². The number of hydrogen-bond donors (Lipinski definition) is 0. The summed E-state index contributed by atoms with van der Waals surface area (Å²) >= 11 is 1.36. The lowest BCUT2D eigenvalue weighted by Crippen LogP contribution is -2.41. The van der Waals surface area contributed by atoms with Gasteiger partial charge in [-0.15, -0.1) is 11.3 Å². The van der Waals surface area contributed by atoms with E-state index in [-0.39, 0.29) is 18.2 Å². The minimum atomic E-state index is -0.570. The molecule has 1 aliphatic rings. The summed E-state index contributed by atoms with van der Waals surface area (Å²) in [7, 11) is 1.61. The number of ether oxygens (including phenoxy) is 2. The number of hydrogen-bond acceptors (Lipinski definition) is 6. The fourth-order valence-corrected chi connectivity index (χ4v) is 3.74. The zero-order valence-electron chi connectivity index (χ0n) is 14.9. The van der Waals surface area contributed by atoms with Crippen LogP contribution in [0.4, 0.5) is 0 Å². The highest BCUT2D eigenvalue weighted by Crippen LogP contribution is 2.26. The molecular weight excluding hydrogens is 352 g/mol. The van der Waals surface area contributed by atoms with Crippen molar-refractivity contribution in [2.24, 2.45) is 5.92 Å². The lowest BCUT2D eigenvalue weighted by atomic mass is 10.0. The molecule has 0 radical (unpaired) electrons. The molecule has 1 atom stereocenters. The molecule has 0 saturated carbocycles. The van der Waals surface area contributed by atoms with E-state index in [0.29, 0.717) is 5.92 Å². The Morgan fingerprint density at radius 1 is 1.31 bits per heavy atom. The number of piperidine rings is 1. The molecule has 7 heteroatoms. The first-order valence-corrected chi connectivity index (χ1v) is 9.49. The summed E-state index contributed by atoms with van der Waals surface area (Å²) in [5.74, 6) is 0.541. The van der Waals surface area contributed by atoms with E-state index >= 15 is 0 Å². The number of benzene rings is 1. The molecule has 26 heavy (non-hydrogen) atoms. The molecule has 0 aliphatic carbocycles. The lowest BCUT2D eigenvalue weighted by molar-refractivity contribution is -0.136. The van der Waals surface area contributed by atoms with Gasteiger partial charge in [0.2, 0.25) is 0 Å². The number of amides is 1. The molecule has 2 heterocycles. The second-order valence-electron chi connectivity index (χ2n) is 6.43. The molecule has 1 aromatic heterocycles. The van der Waals surface area contributed by atoms with Crippen LogP contribution in [0.25, 0.3) is 10.6 Å². The zero-order chi connectivity index (χ0) is 18.5. The Balaban J connectivity index is 1.56. The second-order valence-corrected chi connectivity index (χ2v) is 7.29. The summed E-state index contributed by atoms with van der Waals surface area (Å²) in [5.41, 5.74) is 1.12. The highest BCUT2D eigenvalue weighted by Gasteiger charge is 2.22.